The zero-order chi connectivity index (χ0) is 15.3. The van der Waals surface area contributed by atoms with E-state index in [0.717, 1.165) is 36.7 Å². The first-order chi connectivity index (χ1) is 10.1. The van der Waals surface area contributed by atoms with E-state index in [0.29, 0.717) is 24.5 Å². The summed E-state index contributed by atoms with van der Waals surface area (Å²) in [4.78, 5) is 0.441. The maximum atomic E-state index is 12.7. The maximum Gasteiger partial charge on any atom is 0.244 e. The molecule has 0 unspecified atom stereocenters. The van der Waals surface area contributed by atoms with E-state index in [2.05, 4.69) is 23.7 Å². The maximum absolute atomic E-state index is 12.7. The standard InChI is InChI=1S/C14H25N3O2S2/c1-3-5-16-12-14(10-13(16)11-15-4-2)21(18,19)17-6-8-20-9-7-17/h10,12,15H,3-9,11H2,1-2H3. The van der Waals surface area contributed by atoms with E-state index in [9.17, 15) is 8.42 Å². The number of sulfonamides is 1. The Balaban J connectivity index is 2.25. The third kappa shape index (κ3) is 4.03. The second kappa shape index (κ2) is 7.67. The molecule has 5 nitrogen and oxygen atoms in total. The van der Waals surface area contributed by atoms with Gasteiger partial charge in [0.05, 0.1) is 0 Å². The van der Waals surface area contributed by atoms with Crippen LogP contribution in [0.4, 0.5) is 0 Å². The third-order valence-electron chi connectivity index (χ3n) is 3.59. The van der Waals surface area contributed by atoms with Gasteiger partial charge in [-0.25, -0.2) is 8.42 Å². The molecule has 2 heterocycles. The number of rotatable bonds is 7. The van der Waals surface area contributed by atoms with Crippen LogP contribution in [0.2, 0.25) is 0 Å². The highest BCUT2D eigenvalue weighted by Crippen LogP contribution is 2.22. The van der Waals surface area contributed by atoms with Crippen molar-refractivity contribution in [2.75, 3.05) is 31.1 Å². The second-order valence-electron chi connectivity index (χ2n) is 5.16. The molecule has 1 aliphatic heterocycles. The van der Waals surface area contributed by atoms with Gasteiger partial charge in [0.2, 0.25) is 10.0 Å². The largest absolute Gasteiger partial charge is 0.349 e. The van der Waals surface area contributed by atoms with E-state index in [1.54, 1.807) is 10.5 Å². The van der Waals surface area contributed by atoms with E-state index in [4.69, 9.17) is 0 Å². The summed E-state index contributed by atoms with van der Waals surface area (Å²) in [6.07, 6.45) is 2.79. The molecule has 120 valence electrons. The van der Waals surface area contributed by atoms with Crippen LogP contribution < -0.4 is 5.32 Å². The summed E-state index contributed by atoms with van der Waals surface area (Å²) in [5.74, 6) is 1.78. The lowest BCUT2D eigenvalue weighted by atomic mass is 10.4. The number of aromatic nitrogens is 1. The molecule has 0 saturated carbocycles. The molecular weight excluding hydrogens is 306 g/mol. The van der Waals surface area contributed by atoms with Crippen molar-refractivity contribution < 1.29 is 8.42 Å². The Morgan fingerprint density at radius 1 is 1.29 bits per heavy atom. The van der Waals surface area contributed by atoms with Crippen molar-refractivity contribution in [3.8, 4) is 0 Å². The van der Waals surface area contributed by atoms with Crippen LogP contribution in [0.3, 0.4) is 0 Å². The number of nitrogens with zero attached hydrogens (tertiary/aromatic N) is 2. The number of hydrogen-bond donors (Lipinski definition) is 1. The summed E-state index contributed by atoms with van der Waals surface area (Å²) in [5.41, 5.74) is 1.05. The van der Waals surface area contributed by atoms with Gasteiger partial charge in [-0.2, -0.15) is 16.1 Å². The normalized spacial score (nSPS) is 17.2. The average molecular weight is 332 g/mol. The van der Waals surface area contributed by atoms with Gasteiger partial charge in [-0.1, -0.05) is 13.8 Å². The molecular formula is C14H25N3O2S2. The fourth-order valence-corrected chi connectivity index (χ4v) is 5.09. The predicted molar refractivity (Wildman–Crippen MR) is 88.2 cm³/mol. The lowest BCUT2D eigenvalue weighted by Gasteiger charge is -2.25. The van der Waals surface area contributed by atoms with E-state index in [1.165, 1.54) is 0 Å². The first kappa shape index (κ1) is 16.9. The van der Waals surface area contributed by atoms with Crippen LogP contribution >= 0.6 is 11.8 Å². The van der Waals surface area contributed by atoms with E-state index < -0.39 is 10.0 Å². The first-order valence-electron chi connectivity index (χ1n) is 7.57. The molecule has 0 aromatic carbocycles. The Morgan fingerprint density at radius 3 is 2.62 bits per heavy atom. The van der Waals surface area contributed by atoms with E-state index in [-0.39, 0.29) is 0 Å². The van der Waals surface area contributed by atoms with Crippen molar-refractivity contribution in [3.05, 3.63) is 18.0 Å². The molecule has 2 rings (SSSR count). The highest BCUT2D eigenvalue weighted by Gasteiger charge is 2.27. The molecule has 0 amide bonds. The van der Waals surface area contributed by atoms with Crippen molar-refractivity contribution >= 4 is 21.8 Å². The lowest BCUT2D eigenvalue weighted by molar-refractivity contribution is 0.443. The highest BCUT2D eigenvalue weighted by atomic mass is 32.2. The highest BCUT2D eigenvalue weighted by molar-refractivity contribution is 7.99. The summed E-state index contributed by atoms with van der Waals surface area (Å²) in [5, 5.41) is 3.28. The molecule has 1 N–H and O–H groups in total. The predicted octanol–water partition coefficient (Wildman–Crippen LogP) is 1.75. The number of nitrogens with one attached hydrogen (secondary N) is 1. The van der Waals surface area contributed by atoms with Crippen LogP contribution in [-0.2, 0) is 23.1 Å². The molecule has 1 aliphatic rings. The van der Waals surface area contributed by atoms with Gasteiger partial charge in [0.1, 0.15) is 4.90 Å². The molecule has 0 spiro atoms. The Bertz CT molecular complexity index is 549. The van der Waals surface area contributed by atoms with Crippen molar-refractivity contribution in [2.24, 2.45) is 0 Å². The summed E-state index contributed by atoms with van der Waals surface area (Å²) >= 11 is 1.82. The molecule has 1 aromatic heterocycles. The minimum absolute atomic E-state index is 0.441. The van der Waals surface area contributed by atoms with Gasteiger partial charge in [0.15, 0.2) is 0 Å². The monoisotopic (exact) mass is 331 g/mol. The number of hydrogen-bond acceptors (Lipinski definition) is 4. The summed E-state index contributed by atoms with van der Waals surface area (Å²) in [6.45, 7) is 7.84. The summed E-state index contributed by atoms with van der Waals surface area (Å²) in [7, 11) is -3.34. The average Bonchev–Trinajstić information content (AvgIpc) is 2.90. The summed E-state index contributed by atoms with van der Waals surface area (Å²) in [6, 6.07) is 1.83. The molecule has 0 aliphatic carbocycles. The molecule has 21 heavy (non-hydrogen) atoms. The van der Waals surface area contributed by atoms with Gasteiger partial charge >= 0.3 is 0 Å². The summed E-state index contributed by atoms with van der Waals surface area (Å²) < 4.78 is 29.1. The molecule has 0 bridgehead atoms. The van der Waals surface area contributed by atoms with Crippen molar-refractivity contribution in [1.82, 2.24) is 14.2 Å². The molecule has 1 aromatic rings. The zero-order valence-electron chi connectivity index (χ0n) is 12.8. The fraction of sp³-hybridized carbons (Fsp3) is 0.714. The third-order valence-corrected chi connectivity index (χ3v) is 6.40. The topological polar surface area (TPSA) is 54.3 Å². The quantitative estimate of drug-likeness (QED) is 0.827. The minimum Gasteiger partial charge on any atom is -0.349 e. The lowest BCUT2D eigenvalue weighted by Crippen LogP contribution is -2.37. The van der Waals surface area contributed by atoms with Crippen LogP contribution in [0.25, 0.3) is 0 Å². The second-order valence-corrected chi connectivity index (χ2v) is 8.32. The molecule has 0 radical (unpaired) electrons. The SMILES string of the molecule is CCCn1cc(S(=O)(=O)N2CCSCC2)cc1CNCC. The van der Waals surface area contributed by atoms with Crippen LogP contribution in [0, 0.1) is 0 Å². The van der Waals surface area contributed by atoms with Crippen LogP contribution in [0.1, 0.15) is 26.0 Å². The van der Waals surface area contributed by atoms with Gasteiger partial charge in [-0.15, -0.1) is 0 Å². The van der Waals surface area contributed by atoms with E-state index in [1.807, 2.05) is 17.8 Å². The Hall–Kier alpha value is -0.500. The van der Waals surface area contributed by atoms with Gasteiger partial charge in [-0.3, -0.25) is 0 Å². The van der Waals surface area contributed by atoms with Gasteiger partial charge in [-0.05, 0) is 19.0 Å². The smallest absolute Gasteiger partial charge is 0.244 e. The Kier molecular flexibility index (Phi) is 6.16. The van der Waals surface area contributed by atoms with E-state index >= 15 is 0 Å². The van der Waals surface area contributed by atoms with Crippen molar-refractivity contribution in [1.29, 1.82) is 0 Å². The van der Waals surface area contributed by atoms with Gasteiger partial charge < -0.3 is 9.88 Å². The number of aryl methyl sites for hydroxylation is 1. The first-order valence-corrected chi connectivity index (χ1v) is 10.2. The fourth-order valence-electron chi connectivity index (χ4n) is 2.45. The Morgan fingerprint density at radius 2 is 2.00 bits per heavy atom. The molecule has 0 atom stereocenters. The van der Waals surface area contributed by atoms with Gasteiger partial charge in [0, 0.05) is 49.6 Å². The van der Waals surface area contributed by atoms with Crippen LogP contribution in [0.15, 0.2) is 17.2 Å². The van der Waals surface area contributed by atoms with Crippen LogP contribution in [-0.4, -0.2) is 48.4 Å². The van der Waals surface area contributed by atoms with Crippen molar-refractivity contribution in [3.63, 3.8) is 0 Å². The van der Waals surface area contributed by atoms with Crippen LogP contribution in [0.5, 0.6) is 0 Å². The molecule has 7 heteroatoms. The van der Waals surface area contributed by atoms with Crippen molar-refractivity contribution in [2.45, 2.75) is 38.3 Å². The number of thioether (sulfide) groups is 1. The molecule has 1 fully saturated rings. The zero-order valence-corrected chi connectivity index (χ0v) is 14.5. The Labute approximate surface area is 132 Å². The van der Waals surface area contributed by atoms with Gasteiger partial charge in [0.25, 0.3) is 0 Å². The minimum atomic E-state index is -3.34. The molecule has 1 saturated heterocycles.